The third kappa shape index (κ3) is 2.34. The second-order valence-corrected chi connectivity index (χ2v) is 2.87. The molecule has 1 aliphatic carbocycles. The Morgan fingerprint density at radius 3 is 3.00 bits per heavy atom. The summed E-state index contributed by atoms with van der Waals surface area (Å²) in [7, 11) is 0. The number of rotatable bonds is 1. The van der Waals surface area contributed by atoms with Gasteiger partial charge in [0.25, 0.3) is 0 Å². The quantitative estimate of drug-likeness (QED) is 0.401. The van der Waals surface area contributed by atoms with Crippen LogP contribution in [-0.4, -0.2) is 6.29 Å². The monoisotopic (exact) mass is 138 g/mol. The molecule has 0 aliphatic heterocycles. The van der Waals surface area contributed by atoms with Crippen molar-refractivity contribution in [2.45, 2.75) is 32.1 Å². The molecule has 0 aromatic heterocycles. The summed E-state index contributed by atoms with van der Waals surface area (Å²) in [6, 6.07) is 0. The van der Waals surface area contributed by atoms with E-state index in [1.165, 1.54) is 19.3 Å². The maximum Gasteiger partial charge on any atom is 0.126 e. The summed E-state index contributed by atoms with van der Waals surface area (Å²) in [5.41, 5.74) is 0. The van der Waals surface area contributed by atoms with Crippen LogP contribution in [0.25, 0.3) is 0 Å². The van der Waals surface area contributed by atoms with E-state index in [2.05, 4.69) is 6.08 Å². The molecule has 0 amide bonds. The second kappa shape index (κ2) is 4.26. The number of hydrogen-bond donors (Lipinski definition) is 0. The van der Waals surface area contributed by atoms with Crippen LogP contribution in [0.5, 0.6) is 0 Å². The van der Waals surface area contributed by atoms with Crippen LogP contribution in [0.1, 0.15) is 32.1 Å². The molecule has 0 N–H and O–H groups in total. The van der Waals surface area contributed by atoms with E-state index in [1.54, 1.807) is 0 Å². The van der Waals surface area contributed by atoms with Gasteiger partial charge < -0.3 is 4.79 Å². The molecule has 0 aromatic carbocycles. The van der Waals surface area contributed by atoms with Crippen LogP contribution in [0.4, 0.5) is 0 Å². The molecular formula is C9H14O. The van der Waals surface area contributed by atoms with Gasteiger partial charge in [-0.1, -0.05) is 25.0 Å². The molecule has 1 atom stereocenters. The van der Waals surface area contributed by atoms with Gasteiger partial charge in [0, 0.05) is 5.92 Å². The Hall–Kier alpha value is -0.590. The Morgan fingerprint density at radius 2 is 2.20 bits per heavy atom. The topological polar surface area (TPSA) is 17.1 Å². The van der Waals surface area contributed by atoms with Crippen molar-refractivity contribution >= 4 is 6.29 Å². The third-order valence-corrected chi connectivity index (χ3v) is 1.97. The predicted molar refractivity (Wildman–Crippen MR) is 41.8 cm³/mol. The predicted octanol–water partition coefficient (Wildman–Crippen LogP) is 2.32. The van der Waals surface area contributed by atoms with E-state index < -0.39 is 0 Å². The SMILES string of the molecule is O=CC1C=CCCCCC1. The van der Waals surface area contributed by atoms with E-state index in [0.29, 0.717) is 0 Å². The largest absolute Gasteiger partial charge is 0.303 e. The first-order valence-electron chi connectivity index (χ1n) is 4.05. The van der Waals surface area contributed by atoms with Crippen LogP contribution in [0.2, 0.25) is 0 Å². The van der Waals surface area contributed by atoms with Crippen LogP contribution in [0.15, 0.2) is 12.2 Å². The summed E-state index contributed by atoms with van der Waals surface area (Å²) in [6.07, 6.45) is 11.3. The maximum atomic E-state index is 10.4. The summed E-state index contributed by atoms with van der Waals surface area (Å²) in [5.74, 6) is 0.209. The molecule has 1 rings (SSSR count). The van der Waals surface area contributed by atoms with Crippen molar-refractivity contribution in [1.29, 1.82) is 0 Å². The Morgan fingerprint density at radius 1 is 1.30 bits per heavy atom. The average Bonchev–Trinajstić information content (AvgIpc) is 1.87. The van der Waals surface area contributed by atoms with Gasteiger partial charge >= 0.3 is 0 Å². The van der Waals surface area contributed by atoms with Crippen LogP contribution >= 0.6 is 0 Å². The minimum atomic E-state index is 0.209. The maximum absolute atomic E-state index is 10.4. The van der Waals surface area contributed by atoms with Crippen LogP contribution in [0.3, 0.4) is 0 Å². The Labute approximate surface area is 62.1 Å². The molecule has 0 spiro atoms. The van der Waals surface area contributed by atoms with Gasteiger partial charge in [-0.05, 0) is 19.3 Å². The van der Waals surface area contributed by atoms with Gasteiger partial charge in [-0.25, -0.2) is 0 Å². The fourth-order valence-corrected chi connectivity index (χ4v) is 1.30. The van der Waals surface area contributed by atoms with Gasteiger partial charge in [0.2, 0.25) is 0 Å². The van der Waals surface area contributed by atoms with E-state index in [-0.39, 0.29) is 5.92 Å². The van der Waals surface area contributed by atoms with Crippen LogP contribution < -0.4 is 0 Å². The highest BCUT2D eigenvalue weighted by molar-refractivity contribution is 5.56. The summed E-state index contributed by atoms with van der Waals surface area (Å²) < 4.78 is 0. The second-order valence-electron chi connectivity index (χ2n) is 2.87. The Bertz CT molecular complexity index is 127. The van der Waals surface area contributed by atoms with Gasteiger partial charge in [-0.2, -0.15) is 0 Å². The van der Waals surface area contributed by atoms with E-state index in [1.807, 2.05) is 6.08 Å². The van der Waals surface area contributed by atoms with Crippen molar-refractivity contribution in [2.24, 2.45) is 5.92 Å². The van der Waals surface area contributed by atoms with Crippen LogP contribution in [-0.2, 0) is 4.79 Å². The minimum absolute atomic E-state index is 0.209. The standard InChI is InChI=1S/C9H14O/c10-8-9-6-4-2-1-3-5-7-9/h4,6,8-9H,1-3,5,7H2. The van der Waals surface area contributed by atoms with Crippen molar-refractivity contribution in [1.82, 2.24) is 0 Å². The molecule has 1 nitrogen and oxygen atoms in total. The Balaban J connectivity index is 2.40. The van der Waals surface area contributed by atoms with Crippen molar-refractivity contribution in [2.75, 3.05) is 0 Å². The van der Waals surface area contributed by atoms with E-state index >= 15 is 0 Å². The first kappa shape index (κ1) is 7.52. The lowest BCUT2D eigenvalue weighted by molar-refractivity contribution is -0.110. The lowest BCUT2D eigenvalue weighted by Crippen LogP contribution is -1.99. The van der Waals surface area contributed by atoms with E-state index in [4.69, 9.17) is 0 Å². The summed E-state index contributed by atoms with van der Waals surface area (Å²) >= 11 is 0. The van der Waals surface area contributed by atoms with E-state index in [9.17, 15) is 4.79 Å². The minimum Gasteiger partial charge on any atom is -0.303 e. The number of carbonyl (C=O) groups is 1. The molecule has 10 heavy (non-hydrogen) atoms. The van der Waals surface area contributed by atoms with Gasteiger partial charge in [-0.15, -0.1) is 0 Å². The molecular weight excluding hydrogens is 124 g/mol. The first-order chi connectivity index (χ1) is 4.93. The number of hydrogen-bond acceptors (Lipinski definition) is 1. The zero-order valence-electron chi connectivity index (χ0n) is 6.25. The van der Waals surface area contributed by atoms with Gasteiger partial charge in [-0.3, -0.25) is 0 Å². The lowest BCUT2D eigenvalue weighted by atomic mass is 9.98. The third-order valence-electron chi connectivity index (χ3n) is 1.97. The Kier molecular flexibility index (Phi) is 3.20. The van der Waals surface area contributed by atoms with Crippen molar-refractivity contribution in [3.05, 3.63) is 12.2 Å². The highest BCUT2D eigenvalue weighted by Gasteiger charge is 2.03. The molecule has 1 aliphatic rings. The summed E-state index contributed by atoms with van der Waals surface area (Å²) in [6.45, 7) is 0. The molecule has 1 unspecified atom stereocenters. The van der Waals surface area contributed by atoms with Crippen molar-refractivity contribution < 1.29 is 4.79 Å². The van der Waals surface area contributed by atoms with Gasteiger partial charge in [0.15, 0.2) is 0 Å². The molecule has 0 aromatic rings. The number of carbonyl (C=O) groups excluding carboxylic acids is 1. The zero-order valence-corrected chi connectivity index (χ0v) is 6.25. The lowest BCUT2D eigenvalue weighted by Gasteiger charge is -2.07. The molecule has 0 saturated heterocycles. The molecule has 0 radical (unpaired) electrons. The molecule has 0 fully saturated rings. The fraction of sp³-hybridized carbons (Fsp3) is 0.667. The molecule has 1 heteroatoms. The smallest absolute Gasteiger partial charge is 0.126 e. The van der Waals surface area contributed by atoms with E-state index in [0.717, 1.165) is 19.1 Å². The van der Waals surface area contributed by atoms with Crippen LogP contribution in [0, 0.1) is 5.92 Å². The van der Waals surface area contributed by atoms with Gasteiger partial charge in [0.1, 0.15) is 6.29 Å². The first-order valence-corrected chi connectivity index (χ1v) is 4.05. The zero-order chi connectivity index (χ0) is 7.23. The number of allylic oxidation sites excluding steroid dienone is 2. The molecule has 0 bridgehead atoms. The van der Waals surface area contributed by atoms with Crippen molar-refractivity contribution in [3.8, 4) is 0 Å². The molecule has 0 heterocycles. The van der Waals surface area contributed by atoms with Crippen molar-refractivity contribution in [3.63, 3.8) is 0 Å². The van der Waals surface area contributed by atoms with Gasteiger partial charge in [0.05, 0.1) is 0 Å². The highest BCUT2D eigenvalue weighted by atomic mass is 16.1. The summed E-state index contributed by atoms with van der Waals surface area (Å²) in [5, 5.41) is 0. The fourth-order valence-electron chi connectivity index (χ4n) is 1.30. The highest BCUT2D eigenvalue weighted by Crippen LogP contribution is 2.14. The summed E-state index contributed by atoms with van der Waals surface area (Å²) in [4.78, 5) is 10.4. The molecule has 0 saturated carbocycles. The average molecular weight is 138 g/mol. The molecule has 56 valence electrons. The normalized spacial score (nSPS) is 27.0. The number of aldehydes is 1.